The smallest absolute Gasteiger partial charge is 0.255 e. The van der Waals surface area contributed by atoms with Gasteiger partial charge in [0.25, 0.3) is 5.91 Å². The fourth-order valence-corrected chi connectivity index (χ4v) is 3.15. The summed E-state index contributed by atoms with van der Waals surface area (Å²) in [6.45, 7) is 7.65. The molecule has 0 heterocycles. The minimum atomic E-state index is -3.93. The molecule has 2 aromatic carbocycles. The number of aromatic hydroxyl groups is 1. The van der Waals surface area contributed by atoms with E-state index >= 15 is 0 Å². The third-order valence-corrected chi connectivity index (χ3v) is 4.92. The van der Waals surface area contributed by atoms with Crippen molar-refractivity contribution in [2.45, 2.75) is 38.0 Å². The molecule has 6 nitrogen and oxygen atoms in total. The summed E-state index contributed by atoms with van der Waals surface area (Å²) in [5.74, 6) is -0.605. The topological polar surface area (TPSA) is 109 Å². The van der Waals surface area contributed by atoms with Gasteiger partial charge in [0.2, 0.25) is 10.0 Å². The number of benzene rings is 2. The minimum absolute atomic E-state index is 0.0693. The van der Waals surface area contributed by atoms with Crippen molar-refractivity contribution >= 4 is 21.6 Å². The van der Waals surface area contributed by atoms with E-state index in [2.05, 4.69) is 5.32 Å². The van der Waals surface area contributed by atoms with Crippen LogP contribution in [0.25, 0.3) is 0 Å². The second-order valence-corrected chi connectivity index (χ2v) is 8.49. The lowest BCUT2D eigenvalue weighted by Gasteiger charge is -2.20. The number of rotatable bonds is 3. The molecule has 0 bridgehead atoms. The molecule has 0 aromatic heterocycles. The number of hydrogen-bond donors (Lipinski definition) is 3. The number of aryl methyl sites for hydroxylation is 1. The van der Waals surface area contributed by atoms with E-state index in [1.165, 1.54) is 24.3 Å². The number of nitrogens with one attached hydrogen (secondary N) is 1. The van der Waals surface area contributed by atoms with Crippen LogP contribution in [0, 0.1) is 6.92 Å². The average molecular weight is 362 g/mol. The maximum atomic E-state index is 12.5. The van der Waals surface area contributed by atoms with Crippen molar-refractivity contribution in [3.8, 4) is 5.75 Å². The van der Waals surface area contributed by atoms with Crippen molar-refractivity contribution in [3.05, 3.63) is 53.1 Å². The molecular weight excluding hydrogens is 340 g/mol. The number of sulfonamides is 1. The van der Waals surface area contributed by atoms with Crippen LogP contribution in [0.2, 0.25) is 0 Å². The van der Waals surface area contributed by atoms with Crippen LogP contribution in [-0.4, -0.2) is 19.4 Å². The highest BCUT2D eigenvalue weighted by Gasteiger charge is 2.18. The lowest BCUT2D eigenvalue weighted by molar-refractivity contribution is 0.102. The molecule has 1 amide bonds. The summed E-state index contributed by atoms with van der Waals surface area (Å²) in [6, 6.07) is 9.24. The maximum Gasteiger partial charge on any atom is 0.255 e. The van der Waals surface area contributed by atoms with Crippen LogP contribution < -0.4 is 10.5 Å². The van der Waals surface area contributed by atoms with Gasteiger partial charge in [0.15, 0.2) is 0 Å². The Kier molecular flexibility index (Phi) is 4.92. The van der Waals surface area contributed by atoms with Gasteiger partial charge in [0, 0.05) is 5.56 Å². The molecule has 134 valence electrons. The van der Waals surface area contributed by atoms with Gasteiger partial charge in [0.1, 0.15) is 5.75 Å². The van der Waals surface area contributed by atoms with Crippen molar-refractivity contribution in [2.24, 2.45) is 5.14 Å². The summed E-state index contributed by atoms with van der Waals surface area (Å²) < 4.78 is 23.2. The number of carbonyl (C=O) groups excluding carboxylic acids is 1. The average Bonchev–Trinajstić information content (AvgIpc) is 2.47. The number of hydrogen-bond acceptors (Lipinski definition) is 4. The maximum absolute atomic E-state index is 12.5. The van der Waals surface area contributed by atoms with Gasteiger partial charge in [-0.3, -0.25) is 4.79 Å². The van der Waals surface area contributed by atoms with Gasteiger partial charge in [-0.15, -0.1) is 0 Å². The van der Waals surface area contributed by atoms with Crippen LogP contribution in [0.1, 0.15) is 42.3 Å². The predicted octanol–water partition coefficient (Wildman–Crippen LogP) is 2.90. The lowest BCUT2D eigenvalue weighted by atomic mass is 9.87. The fourth-order valence-electron chi connectivity index (χ4n) is 2.35. The number of amides is 1. The van der Waals surface area contributed by atoms with E-state index in [1.807, 2.05) is 20.8 Å². The Bertz CT molecular complexity index is 929. The molecule has 0 aliphatic carbocycles. The third kappa shape index (κ3) is 4.37. The second-order valence-electron chi connectivity index (χ2n) is 6.96. The first-order valence-corrected chi connectivity index (χ1v) is 9.22. The van der Waals surface area contributed by atoms with Crippen LogP contribution in [0.4, 0.5) is 5.69 Å². The van der Waals surface area contributed by atoms with E-state index in [0.717, 1.165) is 5.56 Å². The zero-order chi connectivity index (χ0) is 19.0. The monoisotopic (exact) mass is 362 g/mol. The number of phenols is 1. The number of nitrogens with two attached hydrogens (primary N) is 1. The number of carbonyl (C=O) groups is 1. The highest BCUT2D eigenvalue weighted by atomic mass is 32.2. The molecule has 0 atom stereocenters. The van der Waals surface area contributed by atoms with Crippen molar-refractivity contribution in [2.75, 3.05) is 5.32 Å². The molecule has 0 saturated carbocycles. The summed E-state index contributed by atoms with van der Waals surface area (Å²) in [5.41, 5.74) is 1.63. The Morgan fingerprint density at radius 2 is 1.76 bits per heavy atom. The Morgan fingerprint density at radius 1 is 1.12 bits per heavy atom. The molecule has 0 unspecified atom stereocenters. The van der Waals surface area contributed by atoms with Gasteiger partial charge >= 0.3 is 0 Å². The van der Waals surface area contributed by atoms with Crippen LogP contribution in [0.15, 0.2) is 41.3 Å². The van der Waals surface area contributed by atoms with E-state index in [0.29, 0.717) is 5.56 Å². The van der Waals surface area contributed by atoms with E-state index in [-0.39, 0.29) is 27.3 Å². The summed E-state index contributed by atoms with van der Waals surface area (Å²) in [7, 11) is -3.93. The molecule has 2 rings (SSSR count). The zero-order valence-electron chi connectivity index (χ0n) is 14.6. The number of primary sulfonamides is 1. The molecule has 0 aliphatic heterocycles. The summed E-state index contributed by atoms with van der Waals surface area (Å²) >= 11 is 0. The molecule has 0 aliphatic rings. The normalized spacial score (nSPS) is 12.0. The first-order valence-electron chi connectivity index (χ1n) is 7.68. The molecule has 0 saturated heterocycles. The highest BCUT2D eigenvalue weighted by Crippen LogP contribution is 2.31. The molecule has 0 fully saturated rings. The third-order valence-electron chi connectivity index (χ3n) is 3.87. The van der Waals surface area contributed by atoms with Gasteiger partial charge in [-0.25, -0.2) is 13.6 Å². The zero-order valence-corrected chi connectivity index (χ0v) is 15.4. The van der Waals surface area contributed by atoms with Gasteiger partial charge in [-0.1, -0.05) is 32.9 Å². The number of phenolic OH excluding ortho intramolecular Hbond substituents is 1. The quantitative estimate of drug-likeness (QED) is 0.729. The van der Waals surface area contributed by atoms with Gasteiger partial charge in [-0.2, -0.15) is 0 Å². The van der Waals surface area contributed by atoms with Gasteiger partial charge < -0.3 is 10.4 Å². The second kappa shape index (κ2) is 6.50. The molecule has 7 heteroatoms. The Labute approximate surface area is 147 Å². The largest absolute Gasteiger partial charge is 0.506 e. The fraction of sp³-hybridized carbons (Fsp3) is 0.278. The molecule has 0 radical (unpaired) electrons. The standard InChI is InChI=1S/C18H22N2O4S/c1-11-5-6-12(9-16(11)25(19,23)24)17(22)20-14-10-13(18(2,3)4)7-8-15(14)21/h5-10,21H,1-4H3,(H,20,22)(H2,19,23,24). The highest BCUT2D eigenvalue weighted by molar-refractivity contribution is 7.89. The summed E-state index contributed by atoms with van der Waals surface area (Å²) in [4.78, 5) is 12.4. The predicted molar refractivity (Wildman–Crippen MR) is 97.3 cm³/mol. The summed E-state index contributed by atoms with van der Waals surface area (Å²) in [6.07, 6.45) is 0. The van der Waals surface area contributed by atoms with Gasteiger partial charge in [0.05, 0.1) is 10.6 Å². The van der Waals surface area contributed by atoms with Crippen LogP contribution in [0.5, 0.6) is 5.75 Å². The minimum Gasteiger partial charge on any atom is -0.506 e. The lowest BCUT2D eigenvalue weighted by Crippen LogP contribution is -2.17. The van der Waals surface area contributed by atoms with E-state index in [4.69, 9.17) is 5.14 Å². The molecular formula is C18H22N2O4S. The van der Waals surface area contributed by atoms with Crippen LogP contribution in [-0.2, 0) is 15.4 Å². The van der Waals surface area contributed by atoms with Crippen molar-refractivity contribution in [1.29, 1.82) is 0 Å². The SMILES string of the molecule is Cc1ccc(C(=O)Nc2cc(C(C)(C)C)ccc2O)cc1S(N)(=O)=O. The van der Waals surface area contributed by atoms with Crippen molar-refractivity contribution in [1.82, 2.24) is 0 Å². The van der Waals surface area contributed by atoms with Crippen LogP contribution in [0.3, 0.4) is 0 Å². The van der Waals surface area contributed by atoms with E-state index < -0.39 is 15.9 Å². The Morgan fingerprint density at radius 3 is 2.32 bits per heavy atom. The number of anilines is 1. The molecule has 2 aromatic rings. The van der Waals surface area contributed by atoms with Gasteiger partial charge in [-0.05, 0) is 47.7 Å². The Hall–Kier alpha value is -2.38. The molecule has 25 heavy (non-hydrogen) atoms. The first kappa shape index (κ1) is 19.0. The Balaban J connectivity index is 2.38. The van der Waals surface area contributed by atoms with Crippen molar-refractivity contribution < 1.29 is 18.3 Å². The van der Waals surface area contributed by atoms with E-state index in [1.54, 1.807) is 19.1 Å². The van der Waals surface area contributed by atoms with E-state index in [9.17, 15) is 18.3 Å². The molecule has 0 spiro atoms. The first-order chi connectivity index (χ1) is 11.4. The molecule has 4 N–H and O–H groups in total. The van der Waals surface area contributed by atoms with Crippen LogP contribution >= 0.6 is 0 Å². The van der Waals surface area contributed by atoms with Crippen molar-refractivity contribution in [3.63, 3.8) is 0 Å². The summed E-state index contributed by atoms with van der Waals surface area (Å²) in [5, 5.41) is 17.8.